The minimum absolute atomic E-state index is 0.141. The van der Waals surface area contributed by atoms with Gasteiger partial charge in [-0.15, -0.1) is 0 Å². The van der Waals surface area contributed by atoms with Crippen molar-refractivity contribution in [3.05, 3.63) is 103 Å². The average Bonchev–Trinajstić information content (AvgIpc) is 2.74. The number of hydrogen-bond donors (Lipinski definition) is 0. The zero-order valence-corrected chi connectivity index (χ0v) is 15.4. The van der Waals surface area contributed by atoms with E-state index in [1.54, 1.807) is 0 Å². The lowest BCUT2D eigenvalue weighted by Gasteiger charge is -2.17. The number of hydrogen-bond acceptors (Lipinski definition) is 0. The first-order valence-electron chi connectivity index (χ1n) is 8.70. The van der Waals surface area contributed by atoms with Gasteiger partial charge in [-0.2, -0.15) is 8.39 Å². The molecule has 0 unspecified atom stereocenters. The van der Waals surface area contributed by atoms with E-state index < -0.39 is 8.54 Å². The Labute approximate surface area is 159 Å². The molecule has 3 heteroatoms. The Hall–Kier alpha value is -2.83. The van der Waals surface area contributed by atoms with Gasteiger partial charge in [0.05, 0.1) is 5.30 Å². The predicted octanol–water partition coefficient (Wildman–Crippen LogP) is 7.56. The Morgan fingerprint density at radius 3 is 1.19 bits per heavy atom. The highest BCUT2D eigenvalue weighted by Gasteiger charge is 2.22. The molecule has 0 aliphatic carbocycles. The third-order valence-corrected chi connectivity index (χ3v) is 5.38. The molecule has 0 aliphatic rings. The molecular formula is C24H17F2P. The fourth-order valence-corrected chi connectivity index (χ4v) is 4.04. The molecule has 0 aliphatic heterocycles. The van der Waals surface area contributed by atoms with Crippen LogP contribution in [-0.4, -0.2) is 0 Å². The number of halogens is 2. The highest BCUT2D eigenvalue weighted by atomic mass is 31.2. The summed E-state index contributed by atoms with van der Waals surface area (Å²) in [6.07, 6.45) is 0. The lowest BCUT2D eigenvalue weighted by Crippen LogP contribution is -2.07. The normalized spacial score (nSPS) is 10.9. The minimum atomic E-state index is -3.27. The molecule has 4 aromatic carbocycles. The molecule has 0 nitrogen and oxygen atoms in total. The second-order valence-corrected chi connectivity index (χ2v) is 7.16. The first kappa shape index (κ1) is 17.6. The van der Waals surface area contributed by atoms with Gasteiger partial charge < -0.3 is 0 Å². The first-order valence-corrected chi connectivity index (χ1v) is 9.82. The first-order chi connectivity index (χ1) is 13.2. The Morgan fingerprint density at radius 1 is 0.444 bits per heavy atom. The summed E-state index contributed by atoms with van der Waals surface area (Å²) in [5.41, 5.74) is 4.78. The molecule has 0 saturated heterocycles. The molecule has 0 bridgehead atoms. The van der Waals surface area contributed by atoms with Crippen molar-refractivity contribution in [1.29, 1.82) is 0 Å². The van der Waals surface area contributed by atoms with Crippen molar-refractivity contribution in [1.82, 2.24) is 0 Å². The van der Waals surface area contributed by atoms with E-state index in [2.05, 4.69) is 0 Å². The van der Waals surface area contributed by atoms with E-state index in [1.807, 2.05) is 103 Å². The lowest BCUT2D eigenvalue weighted by atomic mass is 9.93. The molecular weight excluding hydrogens is 357 g/mol. The van der Waals surface area contributed by atoms with Gasteiger partial charge >= 0.3 is 0 Å². The van der Waals surface area contributed by atoms with E-state index in [4.69, 9.17) is 0 Å². The van der Waals surface area contributed by atoms with Crippen molar-refractivity contribution in [2.75, 3.05) is 0 Å². The second-order valence-electron chi connectivity index (χ2n) is 6.25. The molecule has 132 valence electrons. The van der Waals surface area contributed by atoms with Gasteiger partial charge in [-0.25, -0.2) is 0 Å². The smallest absolute Gasteiger partial charge is 0.183 e. The van der Waals surface area contributed by atoms with E-state index in [9.17, 15) is 8.39 Å². The van der Waals surface area contributed by atoms with E-state index >= 15 is 0 Å². The van der Waals surface area contributed by atoms with Crippen LogP contribution in [0.4, 0.5) is 8.39 Å². The van der Waals surface area contributed by atoms with Crippen molar-refractivity contribution in [3.63, 3.8) is 0 Å². The third-order valence-electron chi connectivity index (χ3n) is 4.56. The fraction of sp³-hybridized carbons (Fsp3) is 0. The largest absolute Gasteiger partial charge is 0.299 e. The highest BCUT2D eigenvalue weighted by Crippen LogP contribution is 2.46. The molecule has 0 aromatic heterocycles. The van der Waals surface area contributed by atoms with E-state index in [0.29, 0.717) is 11.1 Å². The molecule has 0 radical (unpaired) electrons. The molecule has 4 rings (SSSR count). The van der Waals surface area contributed by atoms with Crippen LogP contribution in [0.15, 0.2) is 103 Å². The molecule has 0 amide bonds. The van der Waals surface area contributed by atoms with Crippen LogP contribution in [0.5, 0.6) is 0 Å². The van der Waals surface area contributed by atoms with E-state index in [0.717, 1.165) is 22.3 Å². The average molecular weight is 374 g/mol. The SMILES string of the molecule is FP(F)c1c(-c2ccccc2)cc(-c2ccccc2)cc1-c1ccccc1. The van der Waals surface area contributed by atoms with Gasteiger partial charge in [0.25, 0.3) is 8.54 Å². The Kier molecular flexibility index (Phi) is 5.09. The standard InChI is InChI=1S/C24H17F2P/c25-27(26)24-22(19-12-6-2-7-13-19)16-21(18-10-4-1-5-11-18)17-23(24)20-14-8-3-9-15-20/h1-17H. The number of benzene rings is 4. The summed E-state index contributed by atoms with van der Waals surface area (Å²) in [6, 6.07) is 32.6. The van der Waals surface area contributed by atoms with E-state index in [1.165, 1.54) is 0 Å². The monoisotopic (exact) mass is 374 g/mol. The maximum Gasteiger partial charge on any atom is 0.299 e. The van der Waals surface area contributed by atoms with E-state index in [-0.39, 0.29) is 5.30 Å². The van der Waals surface area contributed by atoms with Gasteiger partial charge in [0.15, 0.2) is 0 Å². The van der Waals surface area contributed by atoms with Crippen LogP contribution in [0.1, 0.15) is 0 Å². The molecule has 0 heterocycles. The molecule has 0 saturated carbocycles. The zero-order chi connectivity index (χ0) is 18.6. The summed E-state index contributed by atoms with van der Waals surface area (Å²) in [4.78, 5) is 0. The number of rotatable bonds is 4. The topological polar surface area (TPSA) is 0 Å². The van der Waals surface area contributed by atoms with Crippen molar-refractivity contribution >= 4 is 13.8 Å². The second kappa shape index (κ2) is 7.82. The lowest BCUT2D eigenvalue weighted by molar-refractivity contribution is 0.764. The van der Waals surface area contributed by atoms with Crippen LogP contribution in [0.25, 0.3) is 33.4 Å². The molecule has 0 fully saturated rings. The van der Waals surface area contributed by atoms with Crippen molar-refractivity contribution in [2.24, 2.45) is 0 Å². The van der Waals surface area contributed by atoms with Crippen LogP contribution in [0.2, 0.25) is 0 Å². The quantitative estimate of drug-likeness (QED) is 0.323. The Morgan fingerprint density at radius 2 is 0.815 bits per heavy atom. The summed E-state index contributed by atoms with van der Waals surface area (Å²) in [7, 11) is -3.27. The Balaban J connectivity index is 2.05. The van der Waals surface area contributed by atoms with Crippen molar-refractivity contribution in [2.45, 2.75) is 0 Å². The summed E-state index contributed by atoms with van der Waals surface area (Å²) in [5, 5.41) is 0.141. The maximum atomic E-state index is 14.3. The van der Waals surface area contributed by atoms with Gasteiger partial charge in [0.1, 0.15) is 0 Å². The summed E-state index contributed by atoms with van der Waals surface area (Å²) in [6.45, 7) is 0. The van der Waals surface area contributed by atoms with Gasteiger partial charge in [0, 0.05) is 0 Å². The molecule has 0 N–H and O–H groups in total. The molecule has 0 spiro atoms. The fourth-order valence-electron chi connectivity index (χ4n) is 3.29. The van der Waals surface area contributed by atoms with Crippen LogP contribution < -0.4 is 5.30 Å². The molecule has 27 heavy (non-hydrogen) atoms. The van der Waals surface area contributed by atoms with Gasteiger partial charge in [-0.3, -0.25) is 0 Å². The van der Waals surface area contributed by atoms with Gasteiger partial charge in [-0.1, -0.05) is 91.0 Å². The molecule has 4 aromatic rings. The van der Waals surface area contributed by atoms with Crippen LogP contribution in [0, 0.1) is 0 Å². The van der Waals surface area contributed by atoms with Crippen LogP contribution in [0.3, 0.4) is 0 Å². The summed E-state index contributed by atoms with van der Waals surface area (Å²) in [5.74, 6) is 0. The van der Waals surface area contributed by atoms with Crippen molar-refractivity contribution in [3.8, 4) is 33.4 Å². The summed E-state index contributed by atoms with van der Waals surface area (Å²) < 4.78 is 28.5. The van der Waals surface area contributed by atoms with Crippen LogP contribution >= 0.6 is 8.54 Å². The van der Waals surface area contributed by atoms with Crippen molar-refractivity contribution < 1.29 is 8.39 Å². The third kappa shape index (κ3) is 3.67. The zero-order valence-electron chi connectivity index (χ0n) is 14.5. The minimum Gasteiger partial charge on any atom is -0.183 e. The maximum absolute atomic E-state index is 14.3. The molecule has 0 atom stereocenters. The summed E-state index contributed by atoms with van der Waals surface area (Å²) >= 11 is 0. The highest BCUT2D eigenvalue weighted by molar-refractivity contribution is 7.55. The van der Waals surface area contributed by atoms with Gasteiger partial charge in [-0.05, 0) is 45.5 Å². The van der Waals surface area contributed by atoms with Gasteiger partial charge in [0.2, 0.25) is 0 Å². The van der Waals surface area contributed by atoms with Crippen LogP contribution in [-0.2, 0) is 0 Å². The predicted molar refractivity (Wildman–Crippen MR) is 112 cm³/mol. The Bertz CT molecular complexity index is 969.